The second-order valence-corrected chi connectivity index (χ2v) is 9.66. The lowest BCUT2D eigenvalue weighted by Gasteiger charge is -2.31. The summed E-state index contributed by atoms with van der Waals surface area (Å²) >= 11 is 0. The number of aryl methyl sites for hydroxylation is 3. The molecule has 0 radical (unpaired) electrons. The number of nitro benzene ring substituents is 1. The van der Waals surface area contributed by atoms with Gasteiger partial charge >= 0.3 is 0 Å². The maximum absolute atomic E-state index is 13.0. The Morgan fingerprint density at radius 2 is 1.67 bits per heavy atom. The van der Waals surface area contributed by atoms with E-state index in [0.717, 1.165) is 22.9 Å². The molecule has 0 bridgehead atoms. The molecule has 0 saturated carbocycles. The van der Waals surface area contributed by atoms with Gasteiger partial charge in [0.25, 0.3) is 5.69 Å². The van der Waals surface area contributed by atoms with Gasteiger partial charge in [-0.25, -0.2) is 8.42 Å². The number of hydrogen-bond donors (Lipinski definition) is 1. The van der Waals surface area contributed by atoms with Gasteiger partial charge < -0.3 is 5.32 Å². The summed E-state index contributed by atoms with van der Waals surface area (Å²) in [5.41, 5.74) is 3.04. The van der Waals surface area contributed by atoms with Crippen LogP contribution < -0.4 is 5.32 Å². The lowest BCUT2D eigenvalue weighted by atomic mass is 9.97. The lowest BCUT2D eigenvalue weighted by Crippen LogP contribution is -2.41. The molecule has 8 nitrogen and oxygen atoms in total. The smallest absolute Gasteiger partial charge is 0.270 e. The molecule has 0 aliphatic carbocycles. The minimum atomic E-state index is -3.87. The van der Waals surface area contributed by atoms with Crippen molar-refractivity contribution >= 4 is 27.3 Å². The first-order valence-electron chi connectivity index (χ1n) is 9.72. The van der Waals surface area contributed by atoms with Crippen LogP contribution in [0.2, 0.25) is 0 Å². The molecule has 0 unspecified atom stereocenters. The topological polar surface area (TPSA) is 110 Å². The molecule has 1 N–H and O–H groups in total. The molecule has 160 valence electrons. The molecule has 9 heteroatoms. The Balaban J connectivity index is 1.69. The number of nitrogens with zero attached hydrogens (tertiary/aromatic N) is 2. The predicted molar refractivity (Wildman–Crippen MR) is 114 cm³/mol. The molecule has 1 aliphatic heterocycles. The van der Waals surface area contributed by atoms with Crippen LogP contribution in [0.1, 0.15) is 29.5 Å². The van der Waals surface area contributed by atoms with E-state index in [9.17, 15) is 23.3 Å². The predicted octanol–water partition coefficient (Wildman–Crippen LogP) is 3.56. The summed E-state index contributed by atoms with van der Waals surface area (Å²) in [4.78, 5) is 23.0. The van der Waals surface area contributed by atoms with Gasteiger partial charge in [-0.05, 0) is 62.4 Å². The van der Waals surface area contributed by atoms with Gasteiger partial charge in [-0.15, -0.1) is 0 Å². The summed E-state index contributed by atoms with van der Waals surface area (Å²) in [5, 5.41) is 14.0. The standard InChI is InChI=1S/C21H25N3O5S/c1-14-10-15(2)12-18(11-14)22-21(25)17-6-8-23(9-7-17)30(28,29)20-13-19(24(26)27)5-4-16(20)3/h4-5,10-13,17H,6-9H2,1-3H3,(H,22,25). The first-order valence-corrected chi connectivity index (χ1v) is 11.2. The highest BCUT2D eigenvalue weighted by atomic mass is 32.2. The lowest BCUT2D eigenvalue weighted by molar-refractivity contribution is -0.385. The number of amides is 1. The molecule has 2 aromatic carbocycles. The number of non-ortho nitro benzene ring substituents is 1. The molecule has 0 spiro atoms. The number of sulfonamides is 1. The SMILES string of the molecule is Cc1cc(C)cc(NC(=O)C2CCN(S(=O)(=O)c3cc([N+](=O)[O-])ccc3C)CC2)c1. The van der Waals surface area contributed by atoms with Crippen molar-refractivity contribution in [3.63, 3.8) is 0 Å². The normalized spacial score (nSPS) is 15.7. The zero-order chi connectivity index (χ0) is 22.1. The van der Waals surface area contributed by atoms with E-state index >= 15 is 0 Å². The van der Waals surface area contributed by atoms with Gasteiger partial charge in [-0.3, -0.25) is 14.9 Å². The third-order valence-corrected chi connectivity index (χ3v) is 7.35. The summed E-state index contributed by atoms with van der Waals surface area (Å²) in [7, 11) is -3.87. The Hall–Kier alpha value is -2.78. The Morgan fingerprint density at radius 1 is 1.07 bits per heavy atom. The van der Waals surface area contributed by atoms with Crippen molar-refractivity contribution in [3.8, 4) is 0 Å². The number of nitrogens with one attached hydrogen (secondary N) is 1. The highest BCUT2D eigenvalue weighted by Gasteiger charge is 2.33. The van der Waals surface area contributed by atoms with Gasteiger partial charge in [-0.2, -0.15) is 4.31 Å². The molecular weight excluding hydrogens is 406 g/mol. The first-order chi connectivity index (χ1) is 14.1. The zero-order valence-corrected chi connectivity index (χ0v) is 18.0. The van der Waals surface area contributed by atoms with E-state index in [0.29, 0.717) is 18.4 Å². The van der Waals surface area contributed by atoms with Crippen LogP contribution in [-0.2, 0) is 14.8 Å². The number of anilines is 1. The quantitative estimate of drug-likeness (QED) is 0.575. The third kappa shape index (κ3) is 4.68. The van der Waals surface area contributed by atoms with E-state index in [-0.39, 0.29) is 35.5 Å². The van der Waals surface area contributed by atoms with Crippen molar-refractivity contribution in [1.82, 2.24) is 4.31 Å². The molecule has 1 aliphatic rings. The fraction of sp³-hybridized carbons (Fsp3) is 0.381. The fourth-order valence-corrected chi connectivity index (χ4v) is 5.48. The second kappa shape index (κ2) is 8.53. The maximum atomic E-state index is 13.0. The summed E-state index contributed by atoms with van der Waals surface area (Å²) in [6, 6.07) is 9.65. The molecule has 1 fully saturated rings. The van der Waals surface area contributed by atoms with Gasteiger partial charge in [0.1, 0.15) is 0 Å². The Bertz CT molecular complexity index is 1070. The second-order valence-electron chi connectivity index (χ2n) is 7.75. The van der Waals surface area contributed by atoms with Gasteiger partial charge in [0, 0.05) is 36.8 Å². The van der Waals surface area contributed by atoms with Crippen LogP contribution in [0.4, 0.5) is 11.4 Å². The van der Waals surface area contributed by atoms with Crippen molar-refractivity contribution < 1.29 is 18.1 Å². The average Bonchev–Trinajstić information content (AvgIpc) is 2.67. The van der Waals surface area contributed by atoms with Crippen molar-refractivity contribution in [3.05, 3.63) is 63.2 Å². The van der Waals surface area contributed by atoms with Crippen molar-refractivity contribution in [1.29, 1.82) is 0 Å². The monoisotopic (exact) mass is 431 g/mol. The maximum Gasteiger partial charge on any atom is 0.270 e. The van der Waals surface area contributed by atoms with E-state index in [4.69, 9.17) is 0 Å². The fourth-order valence-electron chi connectivity index (χ4n) is 3.77. The molecule has 3 rings (SSSR count). The van der Waals surface area contributed by atoms with Crippen LogP contribution in [0.25, 0.3) is 0 Å². The van der Waals surface area contributed by atoms with Crippen LogP contribution in [0, 0.1) is 36.8 Å². The number of carbonyl (C=O) groups is 1. The van der Waals surface area contributed by atoms with E-state index in [1.54, 1.807) is 6.92 Å². The molecule has 2 aromatic rings. The van der Waals surface area contributed by atoms with Crippen LogP contribution in [0.5, 0.6) is 0 Å². The molecule has 1 heterocycles. The van der Waals surface area contributed by atoms with Crippen molar-refractivity contribution in [2.45, 2.75) is 38.5 Å². The molecular formula is C21H25N3O5S. The Kier molecular flexibility index (Phi) is 6.23. The molecule has 0 aromatic heterocycles. The highest BCUT2D eigenvalue weighted by molar-refractivity contribution is 7.89. The largest absolute Gasteiger partial charge is 0.326 e. The van der Waals surface area contributed by atoms with E-state index in [1.165, 1.54) is 16.4 Å². The van der Waals surface area contributed by atoms with Gasteiger partial charge in [0.05, 0.1) is 9.82 Å². The summed E-state index contributed by atoms with van der Waals surface area (Å²) in [6.45, 7) is 5.91. The molecule has 30 heavy (non-hydrogen) atoms. The summed E-state index contributed by atoms with van der Waals surface area (Å²) < 4.78 is 27.4. The van der Waals surface area contributed by atoms with Gasteiger partial charge in [0.2, 0.25) is 15.9 Å². The first kappa shape index (κ1) is 21.9. The number of hydrogen-bond acceptors (Lipinski definition) is 5. The van der Waals surface area contributed by atoms with Crippen molar-refractivity contribution in [2.75, 3.05) is 18.4 Å². The molecule has 0 atom stereocenters. The van der Waals surface area contributed by atoms with Gasteiger partial charge in [0.15, 0.2) is 0 Å². The Labute approximate surface area is 176 Å². The molecule has 1 amide bonds. The van der Waals surface area contributed by atoms with Crippen LogP contribution in [0.15, 0.2) is 41.3 Å². The highest BCUT2D eigenvalue weighted by Crippen LogP contribution is 2.29. The van der Waals surface area contributed by atoms with E-state index in [2.05, 4.69) is 5.32 Å². The number of carbonyl (C=O) groups excluding carboxylic acids is 1. The minimum Gasteiger partial charge on any atom is -0.326 e. The summed E-state index contributed by atoms with van der Waals surface area (Å²) in [6.07, 6.45) is 0.785. The number of benzene rings is 2. The number of piperidine rings is 1. The van der Waals surface area contributed by atoms with Crippen molar-refractivity contribution in [2.24, 2.45) is 5.92 Å². The third-order valence-electron chi connectivity index (χ3n) is 5.31. The van der Waals surface area contributed by atoms with Crippen LogP contribution in [-0.4, -0.2) is 36.6 Å². The molecule has 1 saturated heterocycles. The number of nitro groups is 1. The van der Waals surface area contributed by atoms with Crippen LogP contribution >= 0.6 is 0 Å². The van der Waals surface area contributed by atoms with E-state index < -0.39 is 14.9 Å². The average molecular weight is 432 g/mol. The minimum absolute atomic E-state index is 0.0603. The van der Waals surface area contributed by atoms with E-state index in [1.807, 2.05) is 32.0 Å². The Morgan fingerprint density at radius 3 is 2.23 bits per heavy atom. The number of rotatable bonds is 5. The zero-order valence-electron chi connectivity index (χ0n) is 17.2. The van der Waals surface area contributed by atoms with Crippen LogP contribution in [0.3, 0.4) is 0 Å². The van der Waals surface area contributed by atoms with Gasteiger partial charge in [-0.1, -0.05) is 12.1 Å². The summed E-state index contributed by atoms with van der Waals surface area (Å²) in [5.74, 6) is -0.410.